The van der Waals surface area contributed by atoms with E-state index in [2.05, 4.69) is 28.6 Å². The number of thiol groups is 1. The number of carboxylic acid groups (broad SMARTS) is 1. The molecule has 96 valence electrons. The fraction of sp³-hybridized carbons (Fsp3) is 0.500. The monoisotopic (exact) mass is 263 g/mol. The van der Waals surface area contributed by atoms with Crippen LogP contribution in [-0.2, 0) is 19.2 Å². The van der Waals surface area contributed by atoms with Crippen molar-refractivity contribution in [1.29, 1.82) is 0 Å². The zero-order valence-electron chi connectivity index (χ0n) is 8.86. The summed E-state index contributed by atoms with van der Waals surface area (Å²) in [6, 6.07) is 0. The number of rotatable bonds is 6. The van der Waals surface area contributed by atoms with Gasteiger partial charge >= 0.3 is 11.9 Å². The van der Waals surface area contributed by atoms with Crippen molar-refractivity contribution in [3.63, 3.8) is 0 Å². The van der Waals surface area contributed by atoms with Crippen molar-refractivity contribution >= 4 is 36.3 Å². The lowest BCUT2D eigenvalue weighted by molar-refractivity contribution is -0.150. The molecule has 8 nitrogen and oxygen atoms in total. The second-order valence-corrected chi connectivity index (χ2v) is 3.16. The third kappa shape index (κ3) is 8.08. The van der Waals surface area contributed by atoms with E-state index in [4.69, 9.17) is 5.11 Å². The van der Waals surface area contributed by atoms with Crippen LogP contribution in [-0.4, -0.2) is 54.2 Å². The summed E-state index contributed by atoms with van der Waals surface area (Å²) in [6.45, 7) is -0.113. The molecule has 0 heterocycles. The Hall–Kier alpha value is -1.77. The predicted molar refractivity (Wildman–Crippen MR) is 60.5 cm³/mol. The first-order valence-electron chi connectivity index (χ1n) is 4.62. The Bertz CT molecular complexity index is 320. The average Bonchev–Trinajstić information content (AvgIpc) is 2.30. The van der Waals surface area contributed by atoms with Gasteiger partial charge in [-0.25, -0.2) is 4.79 Å². The molecule has 4 N–H and O–H groups in total. The number of carbonyl (C=O) groups excluding carboxylic acids is 3. The third-order valence-electron chi connectivity index (χ3n) is 1.52. The number of hydrogen-bond donors (Lipinski definition) is 5. The van der Waals surface area contributed by atoms with E-state index in [0.29, 0.717) is 0 Å². The summed E-state index contributed by atoms with van der Waals surface area (Å²) in [5.41, 5.74) is 0. The third-order valence-corrected chi connectivity index (χ3v) is 1.80. The minimum absolute atomic E-state index is 0.00259. The topological polar surface area (TPSA) is 125 Å². The summed E-state index contributed by atoms with van der Waals surface area (Å²) >= 11 is 3.70. The van der Waals surface area contributed by atoms with E-state index in [1.54, 1.807) is 0 Å². The van der Waals surface area contributed by atoms with Crippen molar-refractivity contribution in [3.8, 4) is 0 Å². The van der Waals surface area contributed by atoms with E-state index in [1.807, 2.05) is 0 Å². The van der Waals surface area contributed by atoms with Gasteiger partial charge in [0.2, 0.25) is 11.8 Å². The molecule has 0 fully saturated rings. The van der Waals surface area contributed by atoms with Crippen LogP contribution in [0.1, 0.15) is 0 Å². The van der Waals surface area contributed by atoms with Crippen molar-refractivity contribution in [3.05, 3.63) is 0 Å². The summed E-state index contributed by atoms with van der Waals surface area (Å²) in [5, 5.41) is 14.9. The van der Waals surface area contributed by atoms with Gasteiger partial charge in [-0.2, -0.15) is 12.6 Å². The lowest BCUT2D eigenvalue weighted by atomic mass is 10.5. The van der Waals surface area contributed by atoms with Gasteiger partial charge in [0.15, 0.2) is 0 Å². The molecule has 3 amide bonds. The maximum atomic E-state index is 11.1. The van der Waals surface area contributed by atoms with Gasteiger partial charge in [-0.05, 0) is 0 Å². The summed E-state index contributed by atoms with van der Waals surface area (Å²) in [7, 11) is 0. The molecule has 0 aliphatic heterocycles. The van der Waals surface area contributed by atoms with Crippen LogP contribution in [0.5, 0.6) is 0 Å². The van der Waals surface area contributed by atoms with Gasteiger partial charge in [0.1, 0.15) is 0 Å². The number of hydrogen-bond acceptors (Lipinski definition) is 5. The van der Waals surface area contributed by atoms with Crippen LogP contribution in [0.2, 0.25) is 0 Å². The van der Waals surface area contributed by atoms with Crippen LogP contribution in [0.4, 0.5) is 0 Å². The molecule has 0 atom stereocenters. The standard InChI is InChI=1S/C8H13N3O5S/c12-5(3-11-6(13)4-17)9-1-2-10-7(14)8(15)16/h17H,1-4H2,(H,9,12)(H,10,14)(H,11,13)(H,15,16). The van der Waals surface area contributed by atoms with Crippen molar-refractivity contribution in [1.82, 2.24) is 16.0 Å². The number of carboxylic acids is 1. The summed E-state index contributed by atoms with van der Waals surface area (Å²) in [4.78, 5) is 42.4. The molecular weight excluding hydrogens is 250 g/mol. The van der Waals surface area contributed by atoms with Crippen LogP contribution < -0.4 is 16.0 Å². The van der Waals surface area contributed by atoms with Crippen LogP contribution in [0.15, 0.2) is 0 Å². The van der Waals surface area contributed by atoms with Gasteiger partial charge in [-0.3, -0.25) is 14.4 Å². The molecule has 0 radical (unpaired) electrons. The molecular formula is C8H13N3O5S. The summed E-state index contributed by atoms with van der Waals surface area (Å²) < 4.78 is 0. The summed E-state index contributed by atoms with van der Waals surface area (Å²) in [5.74, 6) is -3.55. The Labute approximate surface area is 103 Å². The van der Waals surface area contributed by atoms with Gasteiger partial charge in [0.05, 0.1) is 12.3 Å². The maximum Gasteiger partial charge on any atom is 0.394 e. The normalized spacial score (nSPS) is 9.24. The molecule has 0 aromatic rings. The fourth-order valence-electron chi connectivity index (χ4n) is 0.751. The summed E-state index contributed by atoms with van der Waals surface area (Å²) in [6.07, 6.45) is 0. The smallest absolute Gasteiger partial charge is 0.394 e. The number of nitrogens with one attached hydrogen (secondary N) is 3. The Morgan fingerprint density at radius 1 is 0.941 bits per heavy atom. The number of amides is 3. The highest BCUT2D eigenvalue weighted by molar-refractivity contribution is 7.81. The first kappa shape index (κ1) is 15.2. The first-order chi connectivity index (χ1) is 7.97. The quantitative estimate of drug-likeness (QED) is 0.203. The van der Waals surface area contributed by atoms with Crippen molar-refractivity contribution in [2.24, 2.45) is 0 Å². The molecule has 9 heteroatoms. The van der Waals surface area contributed by atoms with Crippen molar-refractivity contribution in [2.75, 3.05) is 25.4 Å². The van der Waals surface area contributed by atoms with Gasteiger partial charge in [0, 0.05) is 13.1 Å². The lowest BCUT2D eigenvalue weighted by Crippen LogP contribution is -2.41. The molecule has 0 bridgehead atoms. The number of carbonyl (C=O) groups is 4. The van der Waals surface area contributed by atoms with Gasteiger partial charge in [-0.1, -0.05) is 0 Å². The van der Waals surface area contributed by atoms with E-state index in [1.165, 1.54) is 0 Å². The molecule has 0 aliphatic rings. The van der Waals surface area contributed by atoms with Crippen LogP contribution in [0.25, 0.3) is 0 Å². The van der Waals surface area contributed by atoms with E-state index in [0.717, 1.165) is 0 Å². The first-order valence-corrected chi connectivity index (χ1v) is 5.26. The second-order valence-electron chi connectivity index (χ2n) is 2.85. The van der Waals surface area contributed by atoms with Gasteiger partial charge in [-0.15, -0.1) is 0 Å². The zero-order chi connectivity index (χ0) is 13.3. The minimum atomic E-state index is -1.59. The van der Waals surface area contributed by atoms with Crippen LogP contribution in [0.3, 0.4) is 0 Å². The lowest BCUT2D eigenvalue weighted by Gasteiger charge is -2.06. The molecule has 0 rings (SSSR count). The molecule has 0 spiro atoms. The molecule has 0 aliphatic carbocycles. The highest BCUT2D eigenvalue weighted by atomic mass is 32.1. The Morgan fingerprint density at radius 3 is 2.06 bits per heavy atom. The van der Waals surface area contributed by atoms with Crippen LogP contribution >= 0.6 is 12.6 Å². The molecule has 0 saturated heterocycles. The Kier molecular flexibility index (Phi) is 7.52. The Morgan fingerprint density at radius 2 is 1.53 bits per heavy atom. The molecule has 0 aromatic heterocycles. The van der Waals surface area contributed by atoms with Crippen molar-refractivity contribution in [2.45, 2.75) is 0 Å². The number of aliphatic carboxylic acids is 1. The second kappa shape index (κ2) is 8.39. The zero-order valence-corrected chi connectivity index (χ0v) is 9.75. The largest absolute Gasteiger partial charge is 0.474 e. The van der Waals surface area contributed by atoms with E-state index in [-0.39, 0.29) is 31.3 Å². The van der Waals surface area contributed by atoms with Crippen molar-refractivity contribution < 1.29 is 24.3 Å². The highest BCUT2D eigenvalue weighted by Gasteiger charge is 2.09. The van der Waals surface area contributed by atoms with E-state index < -0.39 is 17.8 Å². The fourth-order valence-corrected chi connectivity index (χ4v) is 0.863. The molecule has 17 heavy (non-hydrogen) atoms. The SMILES string of the molecule is O=C(CS)NCC(=O)NCCNC(=O)C(=O)O. The highest BCUT2D eigenvalue weighted by Crippen LogP contribution is 1.73. The average molecular weight is 263 g/mol. The molecule has 0 saturated carbocycles. The van der Waals surface area contributed by atoms with Gasteiger partial charge in [0.25, 0.3) is 0 Å². The molecule has 0 aromatic carbocycles. The predicted octanol–water partition coefficient (Wildman–Crippen LogP) is -2.65. The van der Waals surface area contributed by atoms with Gasteiger partial charge < -0.3 is 21.1 Å². The maximum absolute atomic E-state index is 11.1. The van der Waals surface area contributed by atoms with Crippen LogP contribution in [0, 0.1) is 0 Å². The molecule has 0 unspecified atom stereocenters. The van der Waals surface area contributed by atoms with E-state index >= 15 is 0 Å². The van der Waals surface area contributed by atoms with E-state index in [9.17, 15) is 19.2 Å². The Balaban J connectivity index is 3.55. The minimum Gasteiger partial charge on any atom is -0.474 e.